The number of hydrogen-bond donors (Lipinski definition) is 0. The van der Waals surface area contributed by atoms with E-state index in [9.17, 15) is 0 Å². The van der Waals surface area contributed by atoms with Gasteiger partial charge in [0.25, 0.3) is 0 Å². The van der Waals surface area contributed by atoms with E-state index in [1.807, 2.05) is 26.0 Å². The average Bonchev–Trinajstić information content (AvgIpc) is 2.44. The van der Waals surface area contributed by atoms with E-state index in [1.165, 1.54) is 5.56 Å². The number of aryl methyl sites for hydroxylation is 1. The zero-order chi connectivity index (χ0) is 10.2. The minimum absolute atomic E-state index is 0.316. The molecule has 72 valence electrons. The van der Waals surface area contributed by atoms with Crippen LogP contribution in [-0.2, 0) is 6.42 Å². The molecule has 0 fully saturated rings. The van der Waals surface area contributed by atoms with Gasteiger partial charge in [-0.25, -0.2) is 0 Å². The van der Waals surface area contributed by atoms with E-state index in [4.69, 9.17) is 10.00 Å². The minimum atomic E-state index is -0.316. The lowest BCUT2D eigenvalue weighted by atomic mass is 9.96. The van der Waals surface area contributed by atoms with Crippen LogP contribution in [0.4, 0.5) is 0 Å². The fraction of sp³-hybridized carbons (Fsp3) is 0.417. The number of nitrogens with zero attached hydrogens (tertiary/aromatic N) is 1. The van der Waals surface area contributed by atoms with Crippen LogP contribution in [0, 0.1) is 18.3 Å². The second-order valence-corrected chi connectivity index (χ2v) is 4.13. The number of ether oxygens (including phenoxy) is 1. The molecular weight excluding hydrogens is 174 g/mol. The molecular formula is C12H13NO. The van der Waals surface area contributed by atoms with Crippen LogP contribution in [0.5, 0.6) is 5.75 Å². The van der Waals surface area contributed by atoms with Crippen molar-refractivity contribution in [3.63, 3.8) is 0 Å². The zero-order valence-corrected chi connectivity index (χ0v) is 8.50. The maximum absolute atomic E-state index is 8.71. The highest BCUT2D eigenvalue weighted by atomic mass is 16.5. The Kier molecular flexibility index (Phi) is 1.96. The van der Waals surface area contributed by atoms with E-state index in [2.05, 4.69) is 12.1 Å². The molecule has 2 nitrogen and oxygen atoms in total. The van der Waals surface area contributed by atoms with Crippen LogP contribution in [0.25, 0.3) is 0 Å². The second-order valence-electron chi connectivity index (χ2n) is 4.13. The zero-order valence-electron chi connectivity index (χ0n) is 8.50. The molecule has 0 aliphatic carbocycles. The summed E-state index contributed by atoms with van der Waals surface area (Å²) in [4.78, 5) is 0. The molecule has 2 rings (SSSR count). The van der Waals surface area contributed by atoms with Gasteiger partial charge >= 0.3 is 0 Å². The van der Waals surface area contributed by atoms with E-state index in [1.54, 1.807) is 0 Å². The van der Waals surface area contributed by atoms with Crippen molar-refractivity contribution in [1.82, 2.24) is 0 Å². The van der Waals surface area contributed by atoms with Gasteiger partial charge in [-0.05, 0) is 25.0 Å². The van der Waals surface area contributed by atoms with Gasteiger partial charge in [0.1, 0.15) is 11.4 Å². The normalized spacial score (nSPS) is 23.8. The number of rotatable bonds is 1. The van der Waals surface area contributed by atoms with Crippen LogP contribution >= 0.6 is 0 Å². The van der Waals surface area contributed by atoms with E-state index < -0.39 is 0 Å². The Morgan fingerprint density at radius 2 is 2.36 bits per heavy atom. The summed E-state index contributed by atoms with van der Waals surface area (Å²) >= 11 is 0. The van der Waals surface area contributed by atoms with Crippen LogP contribution in [0.1, 0.15) is 24.5 Å². The fourth-order valence-corrected chi connectivity index (χ4v) is 1.95. The summed E-state index contributed by atoms with van der Waals surface area (Å²) in [5.74, 6) is 0.977. The Bertz CT molecular complexity index is 405. The number of para-hydroxylation sites is 1. The first-order valence-electron chi connectivity index (χ1n) is 4.79. The highest BCUT2D eigenvalue weighted by Crippen LogP contribution is 2.38. The summed E-state index contributed by atoms with van der Waals surface area (Å²) < 4.78 is 5.84. The van der Waals surface area contributed by atoms with E-state index in [0.717, 1.165) is 17.7 Å². The molecule has 14 heavy (non-hydrogen) atoms. The summed E-state index contributed by atoms with van der Waals surface area (Å²) in [7, 11) is 0. The minimum Gasteiger partial charge on any atom is -0.486 e. The highest BCUT2D eigenvalue weighted by molar-refractivity contribution is 5.45. The lowest BCUT2D eigenvalue weighted by Gasteiger charge is -2.20. The number of hydrogen-bond acceptors (Lipinski definition) is 2. The quantitative estimate of drug-likeness (QED) is 0.677. The van der Waals surface area contributed by atoms with Gasteiger partial charge < -0.3 is 4.74 Å². The van der Waals surface area contributed by atoms with Crippen molar-refractivity contribution in [3.05, 3.63) is 29.3 Å². The number of benzene rings is 1. The molecule has 0 bridgehead atoms. The molecule has 1 heterocycles. The summed E-state index contributed by atoms with van der Waals surface area (Å²) in [5, 5.41) is 8.71. The van der Waals surface area contributed by atoms with Crippen molar-refractivity contribution < 1.29 is 4.74 Å². The Hall–Kier alpha value is -1.49. The largest absolute Gasteiger partial charge is 0.486 e. The molecule has 0 N–H and O–H groups in total. The van der Waals surface area contributed by atoms with Gasteiger partial charge in [0.2, 0.25) is 0 Å². The fourth-order valence-electron chi connectivity index (χ4n) is 1.95. The van der Waals surface area contributed by atoms with Gasteiger partial charge in [-0.15, -0.1) is 0 Å². The molecule has 0 saturated heterocycles. The van der Waals surface area contributed by atoms with Gasteiger partial charge in [-0.1, -0.05) is 18.2 Å². The van der Waals surface area contributed by atoms with Crippen LogP contribution in [0.2, 0.25) is 0 Å². The van der Waals surface area contributed by atoms with Gasteiger partial charge in [0.15, 0.2) is 0 Å². The maximum Gasteiger partial charge on any atom is 0.126 e. The first-order valence-corrected chi connectivity index (χ1v) is 4.79. The van der Waals surface area contributed by atoms with Gasteiger partial charge in [-0.3, -0.25) is 0 Å². The number of nitriles is 1. The summed E-state index contributed by atoms with van der Waals surface area (Å²) in [6.07, 6.45) is 1.29. The first kappa shape index (κ1) is 9.08. The van der Waals surface area contributed by atoms with Crippen LogP contribution in [-0.4, -0.2) is 5.60 Å². The van der Waals surface area contributed by atoms with Crippen molar-refractivity contribution in [2.45, 2.75) is 32.3 Å². The lowest BCUT2D eigenvalue weighted by molar-refractivity contribution is 0.121. The van der Waals surface area contributed by atoms with Crippen LogP contribution < -0.4 is 4.74 Å². The summed E-state index contributed by atoms with van der Waals surface area (Å²) in [6.45, 7) is 4.03. The van der Waals surface area contributed by atoms with Gasteiger partial charge in [0.05, 0.1) is 12.5 Å². The standard InChI is InChI=1S/C12H13NO/c1-9-4-3-5-10-8-12(2,6-7-13)14-11(9)10/h3-5H,6,8H2,1-2H3. The predicted molar refractivity (Wildman–Crippen MR) is 54.1 cm³/mol. The molecule has 1 aromatic rings. The molecule has 0 radical (unpaired) electrons. The third-order valence-corrected chi connectivity index (χ3v) is 2.66. The molecule has 1 aliphatic rings. The molecule has 1 aromatic carbocycles. The van der Waals surface area contributed by atoms with E-state index in [-0.39, 0.29) is 5.60 Å². The van der Waals surface area contributed by atoms with Crippen LogP contribution in [0.15, 0.2) is 18.2 Å². The molecule has 2 heteroatoms. The molecule has 1 atom stereocenters. The van der Waals surface area contributed by atoms with Crippen molar-refractivity contribution in [3.8, 4) is 11.8 Å². The molecule has 1 aliphatic heterocycles. The Balaban J connectivity index is 2.35. The molecule has 0 spiro atoms. The van der Waals surface area contributed by atoms with Crippen molar-refractivity contribution >= 4 is 0 Å². The smallest absolute Gasteiger partial charge is 0.126 e. The van der Waals surface area contributed by atoms with Crippen molar-refractivity contribution in [2.75, 3.05) is 0 Å². The second kappa shape index (κ2) is 3.02. The molecule has 0 amide bonds. The summed E-state index contributed by atoms with van der Waals surface area (Å²) in [5.41, 5.74) is 2.07. The Morgan fingerprint density at radius 1 is 1.57 bits per heavy atom. The predicted octanol–water partition coefficient (Wildman–Crippen LogP) is 2.60. The Morgan fingerprint density at radius 3 is 3.00 bits per heavy atom. The lowest BCUT2D eigenvalue weighted by Crippen LogP contribution is -2.29. The van der Waals surface area contributed by atoms with Crippen molar-refractivity contribution in [1.29, 1.82) is 5.26 Å². The molecule has 0 aromatic heterocycles. The van der Waals surface area contributed by atoms with E-state index >= 15 is 0 Å². The average molecular weight is 187 g/mol. The maximum atomic E-state index is 8.71. The number of fused-ring (bicyclic) bond motifs is 1. The molecule has 0 saturated carbocycles. The van der Waals surface area contributed by atoms with E-state index in [0.29, 0.717) is 6.42 Å². The van der Waals surface area contributed by atoms with Gasteiger partial charge in [-0.2, -0.15) is 5.26 Å². The molecule has 1 unspecified atom stereocenters. The monoisotopic (exact) mass is 187 g/mol. The van der Waals surface area contributed by atoms with Crippen LogP contribution in [0.3, 0.4) is 0 Å². The topological polar surface area (TPSA) is 33.0 Å². The third kappa shape index (κ3) is 1.35. The first-order chi connectivity index (χ1) is 6.64. The van der Waals surface area contributed by atoms with Crippen molar-refractivity contribution in [2.24, 2.45) is 0 Å². The summed E-state index contributed by atoms with van der Waals surface area (Å²) in [6, 6.07) is 8.33. The highest BCUT2D eigenvalue weighted by Gasteiger charge is 2.35. The Labute approximate surface area is 84.1 Å². The third-order valence-electron chi connectivity index (χ3n) is 2.66. The van der Waals surface area contributed by atoms with Gasteiger partial charge in [0, 0.05) is 6.42 Å². The SMILES string of the molecule is Cc1cccc2c1OC(C)(CC#N)C2.